The second-order valence-electron chi connectivity index (χ2n) is 6.03. The van der Waals surface area contributed by atoms with E-state index >= 15 is 0 Å². The van der Waals surface area contributed by atoms with E-state index in [0.717, 1.165) is 11.1 Å². The van der Waals surface area contributed by atoms with Gasteiger partial charge in [-0.2, -0.15) is 13.2 Å². The van der Waals surface area contributed by atoms with Crippen molar-refractivity contribution >= 4 is 5.91 Å². The van der Waals surface area contributed by atoms with E-state index in [2.05, 4.69) is 5.32 Å². The van der Waals surface area contributed by atoms with Gasteiger partial charge in [-0.1, -0.05) is 17.7 Å². The monoisotopic (exact) mass is 314 g/mol. The number of alkyl halides is 3. The third-order valence-corrected chi connectivity index (χ3v) is 3.95. The molecule has 3 nitrogen and oxygen atoms in total. The molecule has 0 aromatic heterocycles. The van der Waals surface area contributed by atoms with Gasteiger partial charge < -0.3 is 5.32 Å². The molecule has 0 saturated carbocycles. The van der Waals surface area contributed by atoms with E-state index < -0.39 is 12.7 Å². The standard InChI is InChI=1S/C16H21F3N2O/c1-11-3-4-14(12(2)7-11)15(22)20-8-13-5-6-21(9-13)10-16(17,18)19/h3-4,7,13H,5-6,8-10H2,1-2H3,(H,20,22)/t13-/m0/s1. The predicted octanol–water partition coefficient (Wildman–Crippen LogP) is 2.92. The van der Waals surface area contributed by atoms with Crippen molar-refractivity contribution in [3.8, 4) is 0 Å². The van der Waals surface area contributed by atoms with Gasteiger partial charge in [0.05, 0.1) is 6.54 Å². The molecule has 0 bridgehead atoms. The number of carbonyl (C=O) groups excluding carboxylic acids is 1. The fourth-order valence-electron chi connectivity index (χ4n) is 2.88. The normalized spacial score (nSPS) is 19.4. The van der Waals surface area contributed by atoms with Gasteiger partial charge in [0.2, 0.25) is 0 Å². The number of nitrogens with zero attached hydrogens (tertiary/aromatic N) is 1. The minimum Gasteiger partial charge on any atom is -0.352 e. The van der Waals surface area contributed by atoms with Crippen LogP contribution in [0, 0.1) is 19.8 Å². The Kier molecular flexibility index (Phi) is 5.11. The summed E-state index contributed by atoms with van der Waals surface area (Å²) >= 11 is 0. The molecule has 1 aliphatic heterocycles. The highest BCUT2D eigenvalue weighted by atomic mass is 19.4. The van der Waals surface area contributed by atoms with Gasteiger partial charge in [-0.05, 0) is 44.4 Å². The molecule has 1 heterocycles. The maximum absolute atomic E-state index is 12.3. The van der Waals surface area contributed by atoms with Crippen molar-refractivity contribution in [2.24, 2.45) is 5.92 Å². The zero-order chi connectivity index (χ0) is 16.3. The fraction of sp³-hybridized carbons (Fsp3) is 0.562. The van der Waals surface area contributed by atoms with E-state index in [1.165, 1.54) is 4.90 Å². The summed E-state index contributed by atoms with van der Waals surface area (Å²) in [4.78, 5) is 13.5. The second kappa shape index (κ2) is 6.69. The van der Waals surface area contributed by atoms with Gasteiger partial charge in [0.1, 0.15) is 0 Å². The van der Waals surface area contributed by atoms with Gasteiger partial charge in [-0.15, -0.1) is 0 Å². The minimum atomic E-state index is -4.16. The minimum absolute atomic E-state index is 0.0806. The Morgan fingerprint density at radius 3 is 2.73 bits per heavy atom. The molecule has 1 fully saturated rings. The topological polar surface area (TPSA) is 32.3 Å². The lowest BCUT2D eigenvalue weighted by Crippen LogP contribution is -2.34. The number of carbonyl (C=O) groups is 1. The van der Waals surface area contributed by atoms with Crippen LogP contribution in [0.4, 0.5) is 13.2 Å². The number of nitrogens with one attached hydrogen (secondary N) is 1. The summed E-state index contributed by atoms with van der Waals surface area (Å²) in [5, 5.41) is 2.84. The first-order valence-corrected chi connectivity index (χ1v) is 7.39. The summed E-state index contributed by atoms with van der Waals surface area (Å²) in [7, 11) is 0. The van der Waals surface area contributed by atoms with Crippen molar-refractivity contribution in [2.45, 2.75) is 26.4 Å². The molecule has 122 valence electrons. The maximum atomic E-state index is 12.3. The first-order chi connectivity index (χ1) is 10.2. The van der Waals surface area contributed by atoms with Crippen LogP contribution in [-0.4, -0.2) is 43.2 Å². The van der Waals surface area contributed by atoms with Crippen LogP contribution in [0.2, 0.25) is 0 Å². The Bertz CT molecular complexity index is 543. The Morgan fingerprint density at radius 1 is 1.36 bits per heavy atom. The van der Waals surface area contributed by atoms with E-state index in [-0.39, 0.29) is 11.8 Å². The van der Waals surface area contributed by atoms with Crippen LogP contribution in [0.5, 0.6) is 0 Å². The van der Waals surface area contributed by atoms with Crippen LogP contribution < -0.4 is 5.32 Å². The van der Waals surface area contributed by atoms with Gasteiger partial charge in [0, 0.05) is 18.7 Å². The third-order valence-electron chi connectivity index (χ3n) is 3.95. The molecule has 0 aliphatic carbocycles. The van der Waals surface area contributed by atoms with Crippen molar-refractivity contribution < 1.29 is 18.0 Å². The molecular weight excluding hydrogens is 293 g/mol. The lowest BCUT2D eigenvalue weighted by atomic mass is 10.0. The molecule has 1 N–H and O–H groups in total. The Labute approximate surface area is 128 Å². The summed E-state index contributed by atoms with van der Waals surface area (Å²) in [5.41, 5.74) is 2.62. The molecule has 1 aliphatic rings. The van der Waals surface area contributed by atoms with Crippen molar-refractivity contribution in [1.82, 2.24) is 10.2 Å². The van der Waals surface area contributed by atoms with Crippen molar-refractivity contribution in [3.63, 3.8) is 0 Å². The van der Waals surface area contributed by atoms with Gasteiger partial charge >= 0.3 is 6.18 Å². The van der Waals surface area contributed by atoms with Crippen LogP contribution in [0.25, 0.3) is 0 Å². The highest BCUT2D eigenvalue weighted by Gasteiger charge is 2.34. The number of likely N-dealkylation sites (tertiary alicyclic amines) is 1. The van der Waals surface area contributed by atoms with Gasteiger partial charge in [-0.25, -0.2) is 0 Å². The fourth-order valence-corrected chi connectivity index (χ4v) is 2.88. The number of aryl methyl sites for hydroxylation is 2. The molecule has 1 aromatic carbocycles. The van der Waals surface area contributed by atoms with Crippen molar-refractivity contribution in [1.29, 1.82) is 0 Å². The highest BCUT2D eigenvalue weighted by molar-refractivity contribution is 5.95. The van der Waals surface area contributed by atoms with Crippen LogP contribution in [0.15, 0.2) is 18.2 Å². The van der Waals surface area contributed by atoms with Crippen molar-refractivity contribution in [3.05, 3.63) is 34.9 Å². The molecule has 1 atom stereocenters. The average Bonchev–Trinajstić information content (AvgIpc) is 2.81. The first kappa shape index (κ1) is 16.8. The average molecular weight is 314 g/mol. The molecule has 22 heavy (non-hydrogen) atoms. The van der Waals surface area contributed by atoms with E-state index in [1.54, 1.807) is 6.07 Å². The summed E-state index contributed by atoms with van der Waals surface area (Å²) in [6, 6.07) is 5.60. The Balaban J connectivity index is 1.82. The quantitative estimate of drug-likeness (QED) is 0.927. The van der Waals surface area contributed by atoms with E-state index in [9.17, 15) is 18.0 Å². The van der Waals surface area contributed by atoms with Gasteiger partial charge in [0.15, 0.2) is 0 Å². The van der Waals surface area contributed by atoms with Crippen LogP contribution in [0.1, 0.15) is 27.9 Å². The Morgan fingerprint density at radius 2 is 2.09 bits per heavy atom. The number of hydrogen-bond donors (Lipinski definition) is 1. The number of halogens is 3. The molecule has 0 unspecified atom stereocenters. The lowest BCUT2D eigenvalue weighted by Gasteiger charge is -2.18. The lowest BCUT2D eigenvalue weighted by molar-refractivity contribution is -0.143. The van der Waals surface area contributed by atoms with Crippen molar-refractivity contribution in [2.75, 3.05) is 26.2 Å². The van der Waals surface area contributed by atoms with Gasteiger partial charge in [-0.3, -0.25) is 9.69 Å². The third kappa shape index (κ3) is 4.73. The van der Waals surface area contributed by atoms with Crippen LogP contribution in [0.3, 0.4) is 0 Å². The first-order valence-electron chi connectivity index (χ1n) is 7.39. The highest BCUT2D eigenvalue weighted by Crippen LogP contribution is 2.22. The number of hydrogen-bond acceptors (Lipinski definition) is 2. The molecular formula is C16H21F3N2O. The molecule has 0 spiro atoms. The Hall–Kier alpha value is -1.56. The maximum Gasteiger partial charge on any atom is 0.401 e. The summed E-state index contributed by atoms with van der Waals surface area (Å²) in [6.07, 6.45) is -3.47. The molecule has 6 heteroatoms. The molecule has 1 amide bonds. The number of amides is 1. The smallest absolute Gasteiger partial charge is 0.352 e. The van der Waals surface area contributed by atoms with Crippen LogP contribution in [-0.2, 0) is 0 Å². The molecule has 2 rings (SSSR count). The van der Waals surface area contributed by atoms with E-state index in [4.69, 9.17) is 0 Å². The SMILES string of the molecule is Cc1ccc(C(=O)NC[C@@H]2CCN(CC(F)(F)F)C2)c(C)c1. The predicted molar refractivity (Wildman–Crippen MR) is 78.9 cm³/mol. The molecule has 1 saturated heterocycles. The number of benzene rings is 1. The molecule has 1 aromatic rings. The zero-order valence-electron chi connectivity index (χ0n) is 12.8. The number of rotatable bonds is 4. The van der Waals surface area contributed by atoms with Gasteiger partial charge in [0.25, 0.3) is 5.91 Å². The summed E-state index contributed by atoms with van der Waals surface area (Å²) in [5.74, 6) is -0.0798. The second-order valence-corrected chi connectivity index (χ2v) is 6.03. The summed E-state index contributed by atoms with van der Waals surface area (Å²) in [6.45, 7) is 4.20. The van der Waals surface area contributed by atoms with E-state index in [0.29, 0.717) is 31.6 Å². The largest absolute Gasteiger partial charge is 0.401 e. The van der Waals surface area contributed by atoms with Crippen LogP contribution >= 0.6 is 0 Å². The van der Waals surface area contributed by atoms with E-state index in [1.807, 2.05) is 26.0 Å². The molecule has 0 radical (unpaired) electrons. The summed E-state index contributed by atoms with van der Waals surface area (Å²) < 4.78 is 37.0. The zero-order valence-corrected chi connectivity index (χ0v) is 12.8.